The molecule has 0 N–H and O–H groups in total. The Balaban J connectivity index is 1.51. The van der Waals surface area contributed by atoms with Crippen molar-refractivity contribution >= 4 is 11.9 Å². The topological polar surface area (TPSA) is 61.8 Å². The Morgan fingerprint density at radius 1 is 0.767 bits per heavy atom. The summed E-state index contributed by atoms with van der Waals surface area (Å²) in [6.45, 7) is 5.41. The Labute approximate surface area is 175 Å². The van der Waals surface area contributed by atoms with Gasteiger partial charge in [-0.05, 0) is 54.4 Å². The van der Waals surface area contributed by atoms with Crippen LogP contribution in [0.3, 0.4) is 0 Å². The molecule has 3 aromatic rings. The average molecular weight is 402 g/mol. The molecule has 3 rings (SSSR count). The number of carbonyl (C=O) groups is 2. The van der Waals surface area contributed by atoms with Gasteiger partial charge in [0.15, 0.2) is 0 Å². The average Bonchev–Trinajstić information content (AvgIpc) is 2.78. The van der Waals surface area contributed by atoms with Gasteiger partial charge >= 0.3 is 11.9 Å². The molecule has 0 saturated carbocycles. The highest BCUT2D eigenvalue weighted by atomic mass is 16.6. The largest absolute Gasteiger partial charge is 0.490 e. The summed E-state index contributed by atoms with van der Waals surface area (Å²) in [6.07, 6.45) is 0. The molecular formula is C25H22O5. The third-order valence-corrected chi connectivity index (χ3v) is 4.20. The number of hydrogen-bond donors (Lipinski definition) is 0. The van der Waals surface area contributed by atoms with Crippen LogP contribution in [0.1, 0.15) is 17.3 Å². The molecule has 30 heavy (non-hydrogen) atoms. The molecule has 0 aliphatic carbocycles. The first-order valence-corrected chi connectivity index (χ1v) is 9.46. The minimum atomic E-state index is -0.454. The van der Waals surface area contributed by atoms with Crippen molar-refractivity contribution in [1.82, 2.24) is 0 Å². The zero-order valence-electron chi connectivity index (χ0n) is 16.7. The maximum atomic E-state index is 12.4. The van der Waals surface area contributed by atoms with E-state index in [-0.39, 0.29) is 13.2 Å². The van der Waals surface area contributed by atoms with Crippen molar-refractivity contribution in [3.8, 4) is 22.6 Å². The minimum absolute atomic E-state index is 0.120. The lowest BCUT2D eigenvalue weighted by Crippen LogP contribution is -2.12. The second-order valence-corrected chi connectivity index (χ2v) is 6.57. The molecule has 0 bridgehead atoms. The molecule has 0 unspecified atom stereocenters. The molecule has 0 heterocycles. The van der Waals surface area contributed by atoms with E-state index in [0.29, 0.717) is 22.6 Å². The van der Waals surface area contributed by atoms with Gasteiger partial charge in [-0.15, -0.1) is 0 Å². The van der Waals surface area contributed by atoms with E-state index in [4.69, 9.17) is 14.2 Å². The van der Waals surface area contributed by atoms with Crippen molar-refractivity contribution < 1.29 is 23.8 Å². The Morgan fingerprint density at radius 3 is 2.00 bits per heavy atom. The third-order valence-electron chi connectivity index (χ3n) is 4.20. The number of rotatable bonds is 8. The van der Waals surface area contributed by atoms with Gasteiger partial charge < -0.3 is 14.2 Å². The highest BCUT2D eigenvalue weighted by molar-refractivity contribution is 5.91. The molecule has 0 aromatic heterocycles. The van der Waals surface area contributed by atoms with Crippen LogP contribution in [0.4, 0.5) is 0 Å². The molecule has 5 heteroatoms. The second-order valence-electron chi connectivity index (χ2n) is 6.57. The number of hydrogen-bond acceptors (Lipinski definition) is 5. The monoisotopic (exact) mass is 402 g/mol. The Hall–Kier alpha value is -3.86. The number of esters is 2. The van der Waals surface area contributed by atoms with E-state index < -0.39 is 11.9 Å². The summed E-state index contributed by atoms with van der Waals surface area (Å²) in [5.74, 6) is 0.127. The predicted octanol–water partition coefficient (Wildman–Crippen LogP) is 5.07. The molecule has 5 nitrogen and oxygen atoms in total. The molecule has 3 aromatic carbocycles. The zero-order chi connectivity index (χ0) is 21.3. The molecule has 0 fully saturated rings. The normalized spacial score (nSPS) is 10.2. The molecule has 0 amide bonds. The summed E-state index contributed by atoms with van der Waals surface area (Å²) < 4.78 is 15.9. The van der Waals surface area contributed by atoms with Crippen LogP contribution in [0.5, 0.6) is 11.5 Å². The summed E-state index contributed by atoms with van der Waals surface area (Å²) in [7, 11) is 0. The fourth-order valence-corrected chi connectivity index (χ4v) is 2.62. The maximum absolute atomic E-state index is 12.4. The molecule has 0 aliphatic rings. The molecule has 0 atom stereocenters. The van der Waals surface area contributed by atoms with Crippen molar-refractivity contribution in [3.63, 3.8) is 0 Å². The van der Waals surface area contributed by atoms with Crippen LogP contribution >= 0.6 is 0 Å². The molecule has 0 spiro atoms. The number of carbonyl (C=O) groups excluding carboxylic acids is 2. The summed E-state index contributed by atoms with van der Waals surface area (Å²) in [6, 6.07) is 23.9. The van der Waals surface area contributed by atoms with E-state index >= 15 is 0 Å². The summed E-state index contributed by atoms with van der Waals surface area (Å²) in [5.41, 5.74) is 2.89. The van der Waals surface area contributed by atoms with Crippen molar-refractivity contribution in [2.75, 3.05) is 13.2 Å². The van der Waals surface area contributed by atoms with Gasteiger partial charge in [-0.2, -0.15) is 0 Å². The second kappa shape index (κ2) is 10.1. The van der Waals surface area contributed by atoms with E-state index in [0.717, 1.165) is 11.1 Å². The summed E-state index contributed by atoms with van der Waals surface area (Å²) >= 11 is 0. The van der Waals surface area contributed by atoms with Crippen LogP contribution < -0.4 is 9.47 Å². The highest BCUT2D eigenvalue weighted by Crippen LogP contribution is 2.23. The van der Waals surface area contributed by atoms with Gasteiger partial charge in [0, 0.05) is 5.57 Å². The van der Waals surface area contributed by atoms with Crippen molar-refractivity contribution in [1.29, 1.82) is 0 Å². The first kappa shape index (κ1) is 20.9. The fraction of sp³-hybridized carbons (Fsp3) is 0.120. The van der Waals surface area contributed by atoms with Crippen molar-refractivity contribution in [2.24, 2.45) is 0 Å². The number of ether oxygens (including phenoxy) is 3. The highest BCUT2D eigenvalue weighted by Gasteiger charge is 2.09. The van der Waals surface area contributed by atoms with Gasteiger partial charge in [-0.25, -0.2) is 9.59 Å². The van der Waals surface area contributed by atoms with Crippen LogP contribution in [0.15, 0.2) is 91.0 Å². The van der Waals surface area contributed by atoms with E-state index in [9.17, 15) is 9.59 Å². The molecule has 0 saturated heterocycles. The molecular weight excluding hydrogens is 380 g/mol. The van der Waals surface area contributed by atoms with Crippen molar-refractivity contribution in [2.45, 2.75) is 6.92 Å². The standard InChI is InChI=1S/C25H22O5/c1-18(2)24(26)29-17-16-28-22-12-10-21(11-13-22)25(27)30-23-14-8-20(9-15-23)19-6-4-3-5-7-19/h3-15H,1,16-17H2,2H3. The third kappa shape index (κ3) is 5.82. The number of benzene rings is 3. The van der Waals surface area contributed by atoms with E-state index in [1.807, 2.05) is 42.5 Å². The van der Waals surface area contributed by atoms with Crippen LogP contribution in [0.25, 0.3) is 11.1 Å². The van der Waals surface area contributed by atoms with Crippen LogP contribution in [-0.4, -0.2) is 25.2 Å². The molecule has 152 valence electrons. The lowest BCUT2D eigenvalue weighted by molar-refractivity contribution is -0.139. The smallest absolute Gasteiger partial charge is 0.343 e. The van der Waals surface area contributed by atoms with Crippen molar-refractivity contribution in [3.05, 3.63) is 96.6 Å². The van der Waals surface area contributed by atoms with Crippen LogP contribution in [0, 0.1) is 0 Å². The zero-order valence-corrected chi connectivity index (χ0v) is 16.7. The SMILES string of the molecule is C=C(C)C(=O)OCCOc1ccc(C(=O)Oc2ccc(-c3ccccc3)cc2)cc1. The van der Waals surface area contributed by atoms with Gasteiger partial charge in [0.25, 0.3) is 0 Å². The van der Waals surface area contributed by atoms with E-state index in [1.54, 1.807) is 43.3 Å². The van der Waals surface area contributed by atoms with E-state index in [1.165, 1.54) is 0 Å². The fourth-order valence-electron chi connectivity index (χ4n) is 2.62. The van der Waals surface area contributed by atoms with Gasteiger partial charge in [-0.1, -0.05) is 49.0 Å². The van der Waals surface area contributed by atoms with Gasteiger partial charge in [-0.3, -0.25) is 0 Å². The lowest BCUT2D eigenvalue weighted by atomic mass is 10.1. The predicted molar refractivity (Wildman–Crippen MR) is 115 cm³/mol. The summed E-state index contributed by atoms with van der Waals surface area (Å²) in [4.78, 5) is 23.6. The van der Waals surface area contributed by atoms with Crippen LogP contribution in [-0.2, 0) is 9.53 Å². The quantitative estimate of drug-likeness (QED) is 0.228. The Kier molecular flexibility index (Phi) is 7.00. The first-order chi connectivity index (χ1) is 14.5. The Morgan fingerprint density at radius 2 is 1.37 bits per heavy atom. The summed E-state index contributed by atoms with van der Waals surface area (Å²) in [5, 5.41) is 0. The van der Waals surface area contributed by atoms with Gasteiger partial charge in [0.05, 0.1) is 5.56 Å². The maximum Gasteiger partial charge on any atom is 0.343 e. The Bertz CT molecular complexity index is 1010. The first-order valence-electron chi connectivity index (χ1n) is 9.46. The lowest BCUT2D eigenvalue weighted by Gasteiger charge is -2.09. The van der Waals surface area contributed by atoms with Crippen LogP contribution in [0.2, 0.25) is 0 Å². The molecule has 0 aliphatic heterocycles. The van der Waals surface area contributed by atoms with Gasteiger partial charge in [0.1, 0.15) is 24.7 Å². The van der Waals surface area contributed by atoms with Gasteiger partial charge in [0.2, 0.25) is 0 Å². The minimum Gasteiger partial charge on any atom is -0.490 e. The van der Waals surface area contributed by atoms with E-state index in [2.05, 4.69) is 6.58 Å². The molecule has 0 radical (unpaired) electrons.